The lowest BCUT2D eigenvalue weighted by Crippen LogP contribution is -2.43. The number of aryl methyl sites for hydroxylation is 1. The molecule has 1 atom stereocenters. The molecule has 0 spiro atoms. The number of nitrogens with zero attached hydrogens (tertiary/aromatic N) is 4. The third-order valence-corrected chi connectivity index (χ3v) is 6.05. The molecule has 1 aliphatic rings. The number of benzene rings is 2. The van der Waals surface area contributed by atoms with Gasteiger partial charge in [-0.3, -0.25) is 4.79 Å². The zero-order valence-corrected chi connectivity index (χ0v) is 18.2. The van der Waals surface area contributed by atoms with Crippen LogP contribution in [0.5, 0.6) is 0 Å². The van der Waals surface area contributed by atoms with E-state index in [1.165, 1.54) is 17.0 Å². The summed E-state index contributed by atoms with van der Waals surface area (Å²) in [6, 6.07) is 12.1. The Bertz CT molecular complexity index is 1110. The van der Waals surface area contributed by atoms with Crippen LogP contribution < -0.4 is 0 Å². The van der Waals surface area contributed by atoms with Gasteiger partial charge in [0, 0.05) is 19.5 Å². The van der Waals surface area contributed by atoms with E-state index in [4.69, 9.17) is 11.6 Å². The Morgan fingerprint density at radius 3 is 2.53 bits per heavy atom. The molecule has 0 N–H and O–H groups in total. The van der Waals surface area contributed by atoms with Gasteiger partial charge in [-0.25, -0.2) is 0 Å². The molecule has 0 aliphatic carbocycles. The number of rotatable bonds is 5. The number of carbonyl (C=O) groups excluding carboxylic acids is 1. The first-order valence-corrected chi connectivity index (χ1v) is 10.8. The summed E-state index contributed by atoms with van der Waals surface area (Å²) in [7, 11) is 0. The largest absolute Gasteiger partial charge is 0.417 e. The maximum Gasteiger partial charge on any atom is 0.417 e. The third kappa shape index (κ3) is 4.11. The van der Waals surface area contributed by atoms with Crippen molar-refractivity contribution in [3.8, 4) is 0 Å². The predicted octanol–water partition coefficient (Wildman–Crippen LogP) is 5.54. The molecule has 0 radical (unpaired) electrons. The van der Waals surface area contributed by atoms with E-state index in [2.05, 4.69) is 17.1 Å². The molecule has 4 rings (SSSR count). The summed E-state index contributed by atoms with van der Waals surface area (Å²) in [5.41, 5.74) is -0.399. The average molecular weight is 463 g/mol. The van der Waals surface area contributed by atoms with Gasteiger partial charge in [-0.15, -0.1) is 10.2 Å². The number of hydrogen-bond donors (Lipinski definition) is 0. The zero-order valence-electron chi connectivity index (χ0n) is 17.4. The van der Waals surface area contributed by atoms with E-state index in [9.17, 15) is 18.0 Å². The number of alkyl halides is 3. The number of fused-ring (bicyclic) bond motifs is 1. The van der Waals surface area contributed by atoms with E-state index < -0.39 is 28.7 Å². The molecule has 0 saturated carbocycles. The fraction of sp³-hybridized carbons (Fsp3) is 0.348. The van der Waals surface area contributed by atoms with Crippen molar-refractivity contribution in [1.29, 1.82) is 0 Å². The summed E-state index contributed by atoms with van der Waals surface area (Å²) in [5.74, 6) is 0.885. The molecule has 3 aromatic rings. The SMILES string of the molecule is CCCCc1nnc2n1CCN(C(=O)c1cccc(C(F)(F)F)c1Cl)[C@@H]2c1ccccc1. The van der Waals surface area contributed by atoms with Gasteiger partial charge in [0.1, 0.15) is 11.9 Å². The van der Waals surface area contributed by atoms with E-state index in [0.29, 0.717) is 18.9 Å². The van der Waals surface area contributed by atoms with Crippen molar-refractivity contribution in [3.05, 3.63) is 81.9 Å². The summed E-state index contributed by atoms with van der Waals surface area (Å²) < 4.78 is 42.1. The summed E-state index contributed by atoms with van der Waals surface area (Å²) in [6.07, 6.45) is -1.89. The molecule has 0 unspecified atom stereocenters. The summed E-state index contributed by atoms with van der Waals surface area (Å²) in [5, 5.41) is 8.13. The molecule has 1 aromatic heterocycles. The van der Waals surface area contributed by atoms with Gasteiger partial charge >= 0.3 is 6.18 Å². The topological polar surface area (TPSA) is 51.0 Å². The smallest absolute Gasteiger partial charge is 0.322 e. The van der Waals surface area contributed by atoms with Crippen LogP contribution in [0.3, 0.4) is 0 Å². The van der Waals surface area contributed by atoms with Crippen LogP contribution in [-0.2, 0) is 19.1 Å². The molecular weight excluding hydrogens is 441 g/mol. The van der Waals surface area contributed by atoms with Crippen LogP contribution in [0.4, 0.5) is 13.2 Å². The molecular formula is C23H22ClF3N4O. The van der Waals surface area contributed by atoms with Gasteiger partial charge in [-0.05, 0) is 24.1 Å². The maximum absolute atomic E-state index is 13.5. The van der Waals surface area contributed by atoms with Gasteiger partial charge in [-0.1, -0.05) is 61.3 Å². The lowest BCUT2D eigenvalue weighted by atomic mass is 10.0. The van der Waals surface area contributed by atoms with Crippen molar-refractivity contribution < 1.29 is 18.0 Å². The van der Waals surface area contributed by atoms with Crippen molar-refractivity contribution in [2.75, 3.05) is 6.54 Å². The van der Waals surface area contributed by atoms with Gasteiger partial charge in [0.15, 0.2) is 5.82 Å². The van der Waals surface area contributed by atoms with Gasteiger partial charge in [0.05, 0.1) is 16.1 Å². The highest BCUT2D eigenvalue weighted by Crippen LogP contribution is 2.38. The zero-order chi connectivity index (χ0) is 22.9. The second kappa shape index (κ2) is 8.94. The number of carbonyl (C=O) groups is 1. The fourth-order valence-corrected chi connectivity index (χ4v) is 4.36. The van der Waals surface area contributed by atoms with Crippen molar-refractivity contribution in [1.82, 2.24) is 19.7 Å². The van der Waals surface area contributed by atoms with Crippen molar-refractivity contribution in [3.63, 3.8) is 0 Å². The quantitative estimate of drug-likeness (QED) is 0.500. The van der Waals surface area contributed by atoms with E-state index in [1.807, 2.05) is 34.9 Å². The minimum atomic E-state index is -4.65. The normalized spacial score (nSPS) is 16.2. The predicted molar refractivity (Wildman–Crippen MR) is 114 cm³/mol. The van der Waals surface area contributed by atoms with Crippen LogP contribution in [0, 0.1) is 0 Å². The molecule has 0 bridgehead atoms. The average Bonchev–Trinajstić information content (AvgIpc) is 3.19. The lowest BCUT2D eigenvalue weighted by Gasteiger charge is -2.36. The van der Waals surface area contributed by atoms with Crippen LogP contribution in [0.15, 0.2) is 48.5 Å². The number of amides is 1. The number of unbranched alkanes of at least 4 members (excludes halogenated alkanes) is 1. The lowest BCUT2D eigenvalue weighted by molar-refractivity contribution is -0.137. The Morgan fingerprint density at radius 1 is 1.09 bits per heavy atom. The van der Waals surface area contributed by atoms with Crippen LogP contribution in [-0.4, -0.2) is 32.1 Å². The Balaban J connectivity index is 1.77. The monoisotopic (exact) mass is 462 g/mol. The van der Waals surface area contributed by atoms with Gasteiger partial charge in [0.25, 0.3) is 5.91 Å². The van der Waals surface area contributed by atoms with Crippen molar-refractivity contribution in [2.45, 2.75) is 44.9 Å². The first-order valence-electron chi connectivity index (χ1n) is 10.5. The van der Waals surface area contributed by atoms with Crippen LogP contribution in [0.25, 0.3) is 0 Å². The molecule has 1 aliphatic heterocycles. The molecule has 0 fully saturated rings. The van der Waals surface area contributed by atoms with Crippen LogP contribution >= 0.6 is 11.6 Å². The molecule has 1 amide bonds. The molecule has 2 heterocycles. The fourth-order valence-electron chi connectivity index (χ4n) is 4.05. The van der Waals surface area contributed by atoms with Gasteiger partial charge in [-0.2, -0.15) is 13.2 Å². The number of aromatic nitrogens is 3. The minimum Gasteiger partial charge on any atom is -0.322 e. The molecule has 9 heteroatoms. The highest BCUT2D eigenvalue weighted by Gasteiger charge is 2.39. The first kappa shape index (κ1) is 22.3. The Hall–Kier alpha value is -2.87. The van der Waals surface area contributed by atoms with Crippen LogP contribution in [0.1, 0.15) is 58.9 Å². The molecule has 32 heavy (non-hydrogen) atoms. The summed E-state index contributed by atoms with van der Waals surface area (Å²) >= 11 is 6.06. The van der Waals surface area contributed by atoms with Crippen molar-refractivity contribution in [2.24, 2.45) is 0 Å². The minimum absolute atomic E-state index is 0.179. The summed E-state index contributed by atoms with van der Waals surface area (Å²) in [4.78, 5) is 15.0. The van der Waals surface area contributed by atoms with Gasteiger partial charge < -0.3 is 9.47 Å². The molecule has 2 aromatic carbocycles. The second-order valence-electron chi connectivity index (χ2n) is 7.71. The molecule has 168 valence electrons. The first-order chi connectivity index (χ1) is 15.3. The highest BCUT2D eigenvalue weighted by atomic mass is 35.5. The maximum atomic E-state index is 13.5. The van der Waals surface area contributed by atoms with E-state index >= 15 is 0 Å². The number of halogens is 4. The van der Waals surface area contributed by atoms with Crippen molar-refractivity contribution >= 4 is 17.5 Å². The van der Waals surface area contributed by atoms with E-state index in [-0.39, 0.29) is 5.56 Å². The Kier molecular flexibility index (Phi) is 6.24. The molecule has 5 nitrogen and oxygen atoms in total. The van der Waals surface area contributed by atoms with Gasteiger partial charge in [0.2, 0.25) is 0 Å². The second-order valence-corrected chi connectivity index (χ2v) is 8.08. The molecule has 0 saturated heterocycles. The van der Waals surface area contributed by atoms with E-state index in [0.717, 1.165) is 36.7 Å². The Labute approximate surface area is 188 Å². The van der Waals surface area contributed by atoms with Crippen LogP contribution in [0.2, 0.25) is 5.02 Å². The number of hydrogen-bond acceptors (Lipinski definition) is 3. The van der Waals surface area contributed by atoms with E-state index in [1.54, 1.807) is 0 Å². The standard InChI is InChI=1S/C23H22ClF3N4O/c1-2-3-12-18-28-29-21-20(15-8-5-4-6-9-15)31(14-13-30(18)21)22(32)16-10-7-11-17(19(16)24)23(25,26)27/h4-11,20H,2-3,12-14H2,1H3/t20-/m1/s1. The Morgan fingerprint density at radius 2 is 1.84 bits per heavy atom. The highest BCUT2D eigenvalue weighted by molar-refractivity contribution is 6.34. The third-order valence-electron chi connectivity index (χ3n) is 5.64. The summed E-state index contributed by atoms with van der Waals surface area (Å²) in [6.45, 7) is 2.86.